The lowest BCUT2D eigenvalue weighted by Crippen LogP contribution is -2.42. The van der Waals surface area contributed by atoms with Crippen molar-refractivity contribution < 1.29 is 13.3 Å². The van der Waals surface area contributed by atoms with E-state index in [2.05, 4.69) is 20.8 Å². The van der Waals surface area contributed by atoms with Gasteiger partial charge in [-0.2, -0.15) is 0 Å². The van der Waals surface area contributed by atoms with Crippen molar-refractivity contribution in [3.05, 3.63) is 0 Å². The van der Waals surface area contributed by atoms with Crippen LogP contribution < -0.4 is 0 Å². The molecule has 0 spiro atoms. The zero-order chi connectivity index (χ0) is 23.4. The van der Waals surface area contributed by atoms with Crippen molar-refractivity contribution in [2.45, 2.75) is 141 Å². The van der Waals surface area contributed by atoms with Crippen molar-refractivity contribution in [2.24, 2.45) is 5.41 Å². The molecular formula is C26H55ClO3Si. The van der Waals surface area contributed by atoms with E-state index in [1.807, 2.05) is 0 Å². The summed E-state index contributed by atoms with van der Waals surface area (Å²) in [6, 6.07) is 0.850. The van der Waals surface area contributed by atoms with Gasteiger partial charge in [0.1, 0.15) is 0 Å². The number of hydrogen-bond acceptors (Lipinski definition) is 3. The molecule has 0 rings (SSSR count). The molecule has 1 atom stereocenters. The molecular weight excluding hydrogens is 424 g/mol. The Morgan fingerprint density at radius 1 is 0.645 bits per heavy atom. The molecule has 0 saturated heterocycles. The van der Waals surface area contributed by atoms with Crippen molar-refractivity contribution >= 4 is 20.4 Å². The SMILES string of the molecule is CCCCCCCCCCCCCCCCC(Cl)C(C)(C)CCC[Si](OC)(OC)OC. The zero-order valence-corrected chi connectivity index (χ0v) is 23.7. The molecule has 0 aromatic rings. The standard InChI is InChI=1S/C26H55ClO3Si/c1-7-8-9-10-11-12-13-14-15-16-17-18-19-20-22-25(27)26(2,3)23-21-24-31(28-4,29-5)30-6/h25H,7-24H2,1-6H3. The number of alkyl halides is 1. The van der Waals surface area contributed by atoms with E-state index >= 15 is 0 Å². The molecule has 0 saturated carbocycles. The summed E-state index contributed by atoms with van der Waals surface area (Å²) in [6.45, 7) is 6.88. The van der Waals surface area contributed by atoms with Crippen molar-refractivity contribution in [3.8, 4) is 0 Å². The van der Waals surface area contributed by atoms with Crippen LogP contribution in [0.2, 0.25) is 6.04 Å². The number of unbranched alkanes of at least 4 members (excludes halogenated alkanes) is 13. The fourth-order valence-corrected chi connectivity index (χ4v) is 6.37. The van der Waals surface area contributed by atoms with Crippen LogP contribution in [-0.2, 0) is 13.3 Å². The minimum absolute atomic E-state index is 0.132. The first-order valence-corrected chi connectivity index (χ1v) is 15.5. The van der Waals surface area contributed by atoms with Crippen molar-refractivity contribution in [1.29, 1.82) is 0 Å². The van der Waals surface area contributed by atoms with Gasteiger partial charge in [0.05, 0.1) is 0 Å². The van der Waals surface area contributed by atoms with Crippen LogP contribution in [0.15, 0.2) is 0 Å². The summed E-state index contributed by atoms with van der Waals surface area (Å²) in [7, 11) is 2.60. The van der Waals surface area contributed by atoms with Gasteiger partial charge in [-0.25, -0.2) is 0 Å². The minimum atomic E-state index is -2.46. The highest BCUT2D eigenvalue weighted by atomic mass is 35.5. The van der Waals surface area contributed by atoms with Crippen LogP contribution in [0.5, 0.6) is 0 Å². The van der Waals surface area contributed by atoms with Gasteiger partial charge in [0.25, 0.3) is 0 Å². The zero-order valence-electron chi connectivity index (χ0n) is 21.9. The van der Waals surface area contributed by atoms with Gasteiger partial charge in [0.2, 0.25) is 0 Å². The average Bonchev–Trinajstić information content (AvgIpc) is 2.77. The number of hydrogen-bond donors (Lipinski definition) is 0. The molecule has 3 nitrogen and oxygen atoms in total. The largest absolute Gasteiger partial charge is 0.500 e. The van der Waals surface area contributed by atoms with Crippen LogP contribution in [0.3, 0.4) is 0 Å². The minimum Gasteiger partial charge on any atom is -0.377 e. The Hall–Kier alpha value is 0.387. The topological polar surface area (TPSA) is 27.7 Å². The maximum Gasteiger partial charge on any atom is 0.500 e. The molecule has 0 heterocycles. The number of rotatable bonds is 23. The van der Waals surface area contributed by atoms with E-state index in [1.54, 1.807) is 21.3 Å². The third-order valence-electron chi connectivity index (χ3n) is 6.90. The molecule has 0 bridgehead atoms. The first-order chi connectivity index (χ1) is 14.9. The summed E-state index contributed by atoms with van der Waals surface area (Å²) in [5.41, 5.74) is 0.132. The van der Waals surface area contributed by atoms with Crippen molar-refractivity contribution in [1.82, 2.24) is 0 Å². The molecule has 0 N–H and O–H groups in total. The first kappa shape index (κ1) is 31.4. The van der Waals surface area contributed by atoms with E-state index < -0.39 is 8.80 Å². The molecule has 0 aromatic heterocycles. The van der Waals surface area contributed by atoms with E-state index in [-0.39, 0.29) is 10.8 Å². The lowest BCUT2D eigenvalue weighted by atomic mass is 9.82. The molecule has 1 unspecified atom stereocenters. The second kappa shape index (κ2) is 19.8. The van der Waals surface area contributed by atoms with Crippen LogP contribution in [0.1, 0.15) is 130 Å². The van der Waals surface area contributed by atoms with Gasteiger partial charge in [-0.1, -0.05) is 111 Å². The van der Waals surface area contributed by atoms with E-state index in [9.17, 15) is 0 Å². The van der Waals surface area contributed by atoms with Gasteiger partial charge in [0.15, 0.2) is 0 Å². The van der Waals surface area contributed by atoms with Crippen LogP contribution in [0.25, 0.3) is 0 Å². The summed E-state index contributed by atoms with van der Waals surface area (Å²) >= 11 is 6.79. The third-order valence-corrected chi connectivity index (χ3v) is 10.5. The van der Waals surface area contributed by atoms with Gasteiger partial charge in [-0.15, -0.1) is 11.6 Å². The maximum absolute atomic E-state index is 6.79. The predicted octanol–water partition coefficient (Wildman–Crippen LogP) is 9.15. The van der Waals surface area contributed by atoms with Crippen LogP contribution >= 0.6 is 11.6 Å². The van der Waals surface area contributed by atoms with Crippen LogP contribution in [0, 0.1) is 5.41 Å². The third kappa shape index (κ3) is 15.8. The molecule has 0 fully saturated rings. The monoisotopic (exact) mass is 478 g/mol. The average molecular weight is 479 g/mol. The van der Waals surface area contributed by atoms with E-state index in [0.29, 0.717) is 0 Å². The molecule has 0 amide bonds. The quantitative estimate of drug-likeness (QED) is 0.0831. The second-order valence-electron chi connectivity index (χ2n) is 9.99. The first-order valence-electron chi connectivity index (χ1n) is 13.2. The van der Waals surface area contributed by atoms with Gasteiger partial charge < -0.3 is 13.3 Å². The van der Waals surface area contributed by atoms with Gasteiger partial charge in [0, 0.05) is 32.8 Å². The maximum atomic E-state index is 6.79. The van der Waals surface area contributed by atoms with Crippen LogP contribution in [0.4, 0.5) is 0 Å². The number of halogens is 1. The summed E-state index contributed by atoms with van der Waals surface area (Å²) in [5, 5.41) is 0.230. The Morgan fingerprint density at radius 2 is 1.03 bits per heavy atom. The normalized spacial score (nSPS) is 13.6. The smallest absolute Gasteiger partial charge is 0.377 e. The molecule has 0 aliphatic rings. The fourth-order valence-electron chi connectivity index (χ4n) is 4.38. The van der Waals surface area contributed by atoms with Gasteiger partial charge >= 0.3 is 8.80 Å². The van der Waals surface area contributed by atoms with E-state index in [0.717, 1.165) is 25.3 Å². The van der Waals surface area contributed by atoms with E-state index in [4.69, 9.17) is 24.9 Å². The Kier molecular flexibility index (Phi) is 20.1. The molecule has 31 heavy (non-hydrogen) atoms. The molecule has 0 aromatic carbocycles. The Balaban J connectivity index is 3.67. The highest BCUT2D eigenvalue weighted by Gasteiger charge is 2.38. The summed E-state index contributed by atoms with van der Waals surface area (Å²) in [5.74, 6) is 0. The van der Waals surface area contributed by atoms with Gasteiger partial charge in [-0.3, -0.25) is 0 Å². The second-order valence-corrected chi connectivity index (χ2v) is 13.6. The molecule has 188 valence electrons. The van der Waals surface area contributed by atoms with Crippen LogP contribution in [-0.4, -0.2) is 35.5 Å². The Labute approximate surface area is 201 Å². The highest BCUT2D eigenvalue weighted by Crippen LogP contribution is 2.35. The fraction of sp³-hybridized carbons (Fsp3) is 1.00. The molecule has 0 aliphatic heterocycles. The summed E-state index contributed by atoms with van der Waals surface area (Å²) < 4.78 is 16.6. The Bertz CT molecular complexity index is 381. The lowest BCUT2D eigenvalue weighted by Gasteiger charge is -2.32. The van der Waals surface area contributed by atoms with Gasteiger partial charge in [-0.05, 0) is 24.7 Å². The molecule has 5 heteroatoms. The molecule has 0 radical (unpaired) electrons. The predicted molar refractivity (Wildman–Crippen MR) is 139 cm³/mol. The summed E-state index contributed by atoms with van der Waals surface area (Å²) in [6.07, 6.45) is 22.8. The Morgan fingerprint density at radius 3 is 1.42 bits per heavy atom. The highest BCUT2D eigenvalue weighted by molar-refractivity contribution is 6.60. The lowest BCUT2D eigenvalue weighted by molar-refractivity contribution is 0.121. The van der Waals surface area contributed by atoms with Crippen molar-refractivity contribution in [3.63, 3.8) is 0 Å². The van der Waals surface area contributed by atoms with E-state index in [1.165, 1.54) is 89.9 Å². The molecule has 0 aliphatic carbocycles. The van der Waals surface area contributed by atoms with Crippen molar-refractivity contribution in [2.75, 3.05) is 21.3 Å². The summed E-state index contributed by atoms with van der Waals surface area (Å²) in [4.78, 5) is 0.